The number of rotatable bonds is 10. The molecule has 0 spiro atoms. The highest BCUT2D eigenvalue weighted by Crippen LogP contribution is 2.14. The Morgan fingerprint density at radius 3 is 2.65 bits per heavy atom. The lowest BCUT2D eigenvalue weighted by atomic mass is 10.0. The molecule has 0 aliphatic heterocycles. The smallest absolute Gasteiger partial charge is 0.337 e. The van der Waals surface area contributed by atoms with Gasteiger partial charge in [-0.25, -0.2) is 4.79 Å². The van der Waals surface area contributed by atoms with Gasteiger partial charge in [0, 0.05) is 0 Å². The number of esters is 1. The molecule has 5 nitrogen and oxygen atoms in total. The molecule has 0 fully saturated rings. The summed E-state index contributed by atoms with van der Waals surface area (Å²) in [5.41, 5.74) is 0.438. The number of hydrogen-bond acceptors (Lipinski definition) is 4. The first-order valence-corrected chi connectivity index (χ1v) is 8.25. The minimum absolute atomic E-state index is 0.206. The van der Waals surface area contributed by atoms with Crippen LogP contribution in [0.5, 0.6) is 5.75 Å². The average Bonchev–Trinajstić information content (AvgIpc) is 2.55. The Kier molecular flexibility index (Phi) is 8.66. The maximum absolute atomic E-state index is 11.5. The van der Waals surface area contributed by atoms with E-state index in [4.69, 9.17) is 4.74 Å². The monoisotopic (exact) mass is 324 g/mol. The summed E-state index contributed by atoms with van der Waals surface area (Å²) >= 11 is 0. The number of ether oxygens (including phenoxy) is 2. The maximum atomic E-state index is 11.5. The zero-order chi connectivity index (χ0) is 17.2. The fourth-order valence-electron chi connectivity index (χ4n) is 2.19. The van der Waals surface area contributed by atoms with Crippen molar-refractivity contribution in [3.05, 3.63) is 29.8 Å². The molecule has 0 saturated heterocycles. The Hall–Kier alpha value is -1.59. The van der Waals surface area contributed by atoms with Crippen molar-refractivity contribution in [2.45, 2.75) is 45.8 Å². The third kappa shape index (κ3) is 8.00. The molecule has 130 valence electrons. The Morgan fingerprint density at radius 2 is 2.00 bits per heavy atom. The van der Waals surface area contributed by atoms with E-state index in [2.05, 4.69) is 30.8 Å². The average molecular weight is 324 g/mol. The molecule has 0 saturated carbocycles. The molecule has 0 radical (unpaired) electrons. The van der Waals surface area contributed by atoms with Crippen molar-refractivity contribution in [3.63, 3.8) is 0 Å². The lowest BCUT2D eigenvalue weighted by molar-refractivity contribution is -0.692. The molecule has 1 aromatic carbocycles. The van der Waals surface area contributed by atoms with Crippen LogP contribution in [0.1, 0.15) is 44.0 Å². The van der Waals surface area contributed by atoms with Gasteiger partial charge in [-0.05, 0) is 43.9 Å². The first-order valence-electron chi connectivity index (χ1n) is 8.25. The minimum Gasteiger partial charge on any atom is -0.491 e. The first kappa shape index (κ1) is 19.5. The molecule has 0 heterocycles. The molecular formula is C18H30NO4+. The normalized spacial score (nSPS) is 13.7. The molecular weight excluding hydrogens is 294 g/mol. The van der Waals surface area contributed by atoms with E-state index >= 15 is 0 Å². The molecule has 2 atom stereocenters. The van der Waals surface area contributed by atoms with Crippen molar-refractivity contribution in [2.75, 3.05) is 20.3 Å². The summed E-state index contributed by atoms with van der Waals surface area (Å²) in [5.74, 6) is 0.865. The van der Waals surface area contributed by atoms with Crippen LogP contribution in [-0.2, 0) is 4.74 Å². The quantitative estimate of drug-likeness (QED) is 0.641. The van der Waals surface area contributed by atoms with Gasteiger partial charge in [-0.1, -0.05) is 19.9 Å². The summed E-state index contributed by atoms with van der Waals surface area (Å²) in [6, 6.07) is 7.27. The number of benzene rings is 1. The summed E-state index contributed by atoms with van der Waals surface area (Å²) in [4.78, 5) is 11.5. The van der Waals surface area contributed by atoms with Gasteiger partial charge in [0.05, 0.1) is 18.7 Å². The summed E-state index contributed by atoms with van der Waals surface area (Å²) in [6.07, 6.45) is 1.80. The Balaban J connectivity index is 2.33. The standard InChI is InChI=1S/C18H29NO4/c1-13(2)8-9-14(3)19-11-16(20)12-23-17-7-5-6-15(10-17)18(21)22-4/h5-7,10,13-14,16,19-20H,8-9,11-12H2,1-4H3/p+1/t14-,16-/m1/s1. The van der Waals surface area contributed by atoms with E-state index in [1.807, 2.05) is 0 Å². The zero-order valence-corrected chi connectivity index (χ0v) is 14.6. The second kappa shape index (κ2) is 10.2. The van der Waals surface area contributed by atoms with Gasteiger partial charge >= 0.3 is 5.97 Å². The third-order valence-corrected chi connectivity index (χ3v) is 3.71. The van der Waals surface area contributed by atoms with Crippen LogP contribution in [0.15, 0.2) is 24.3 Å². The van der Waals surface area contributed by atoms with Crippen molar-refractivity contribution in [3.8, 4) is 5.75 Å². The van der Waals surface area contributed by atoms with Crippen LogP contribution in [0.2, 0.25) is 0 Å². The summed E-state index contributed by atoms with van der Waals surface area (Å²) in [6.45, 7) is 7.43. The van der Waals surface area contributed by atoms with Gasteiger partial charge < -0.3 is 19.9 Å². The number of aliphatic hydroxyl groups is 1. The fourth-order valence-corrected chi connectivity index (χ4v) is 2.19. The molecule has 0 aliphatic rings. The molecule has 5 heteroatoms. The Bertz CT molecular complexity index is 476. The second-order valence-corrected chi connectivity index (χ2v) is 6.40. The van der Waals surface area contributed by atoms with Gasteiger partial charge in [0.25, 0.3) is 0 Å². The predicted molar refractivity (Wildman–Crippen MR) is 89.6 cm³/mol. The van der Waals surface area contributed by atoms with Crippen molar-refractivity contribution >= 4 is 5.97 Å². The van der Waals surface area contributed by atoms with E-state index in [1.54, 1.807) is 24.3 Å². The number of quaternary nitrogens is 1. The van der Waals surface area contributed by atoms with Crippen molar-refractivity contribution in [1.29, 1.82) is 0 Å². The number of nitrogens with two attached hydrogens (primary N) is 1. The van der Waals surface area contributed by atoms with Gasteiger partial charge in [0.1, 0.15) is 25.0 Å². The molecule has 1 rings (SSSR count). The van der Waals surface area contributed by atoms with Crippen LogP contribution >= 0.6 is 0 Å². The molecule has 3 N–H and O–H groups in total. The predicted octanol–water partition coefficient (Wildman–Crippen LogP) is 1.60. The number of hydrogen-bond donors (Lipinski definition) is 2. The van der Waals surface area contributed by atoms with Gasteiger partial charge in [-0.3, -0.25) is 0 Å². The maximum Gasteiger partial charge on any atom is 0.337 e. The highest BCUT2D eigenvalue weighted by molar-refractivity contribution is 5.89. The molecule has 0 unspecified atom stereocenters. The molecule has 1 aromatic rings. The Labute approximate surface area is 139 Å². The van der Waals surface area contributed by atoms with Gasteiger partial charge in [-0.2, -0.15) is 0 Å². The number of carbonyl (C=O) groups is 1. The van der Waals surface area contributed by atoms with Crippen LogP contribution in [0.3, 0.4) is 0 Å². The van der Waals surface area contributed by atoms with E-state index in [-0.39, 0.29) is 6.61 Å². The number of carbonyl (C=O) groups excluding carboxylic acids is 1. The fraction of sp³-hybridized carbons (Fsp3) is 0.611. The molecule has 0 aromatic heterocycles. The molecule has 0 bridgehead atoms. The largest absolute Gasteiger partial charge is 0.491 e. The Morgan fingerprint density at radius 1 is 1.26 bits per heavy atom. The van der Waals surface area contributed by atoms with E-state index in [0.29, 0.717) is 29.8 Å². The highest BCUT2D eigenvalue weighted by atomic mass is 16.5. The van der Waals surface area contributed by atoms with Gasteiger partial charge in [0.15, 0.2) is 0 Å². The number of aliphatic hydroxyl groups excluding tert-OH is 1. The molecule has 23 heavy (non-hydrogen) atoms. The lowest BCUT2D eigenvalue weighted by Gasteiger charge is -2.16. The van der Waals surface area contributed by atoms with Crippen LogP contribution < -0.4 is 10.1 Å². The first-order chi connectivity index (χ1) is 10.9. The molecule has 0 aliphatic carbocycles. The number of methoxy groups -OCH3 is 1. The van der Waals surface area contributed by atoms with Crippen LogP contribution in [0, 0.1) is 5.92 Å². The summed E-state index contributed by atoms with van der Waals surface area (Å²) in [5, 5.41) is 12.2. The van der Waals surface area contributed by atoms with Crippen molar-refractivity contribution in [1.82, 2.24) is 0 Å². The zero-order valence-electron chi connectivity index (χ0n) is 14.6. The van der Waals surface area contributed by atoms with Gasteiger partial charge in [-0.15, -0.1) is 0 Å². The van der Waals surface area contributed by atoms with Crippen LogP contribution in [-0.4, -0.2) is 43.5 Å². The van der Waals surface area contributed by atoms with Crippen molar-refractivity contribution < 1.29 is 24.7 Å². The minimum atomic E-state index is -0.543. The van der Waals surface area contributed by atoms with E-state index in [1.165, 1.54) is 13.5 Å². The van der Waals surface area contributed by atoms with Crippen LogP contribution in [0.4, 0.5) is 0 Å². The summed E-state index contributed by atoms with van der Waals surface area (Å²) < 4.78 is 10.2. The highest BCUT2D eigenvalue weighted by Gasteiger charge is 2.12. The topological polar surface area (TPSA) is 72.4 Å². The van der Waals surface area contributed by atoms with E-state index in [9.17, 15) is 9.90 Å². The lowest BCUT2D eigenvalue weighted by Crippen LogP contribution is -2.91. The second-order valence-electron chi connectivity index (χ2n) is 6.40. The van der Waals surface area contributed by atoms with Crippen molar-refractivity contribution in [2.24, 2.45) is 5.92 Å². The summed E-state index contributed by atoms with van der Waals surface area (Å²) in [7, 11) is 1.34. The SMILES string of the molecule is COC(=O)c1cccc(OC[C@H](O)C[NH2+][C@H](C)CCC(C)C)c1. The van der Waals surface area contributed by atoms with Crippen LogP contribution in [0.25, 0.3) is 0 Å². The van der Waals surface area contributed by atoms with E-state index < -0.39 is 12.1 Å². The third-order valence-electron chi connectivity index (χ3n) is 3.71. The molecule has 0 amide bonds. The van der Waals surface area contributed by atoms with E-state index in [0.717, 1.165) is 6.42 Å². The van der Waals surface area contributed by atoms with Gasteiger partial charge in [0.2, 0.25) is 0 Å².